The summed E-state index contributed by atoms with van der Waals surface area (Å²) in [6.07, 6.45) is 6.65. The van der Waals surface area contributed by atoms with Crippen LogP contribution in [0.25, 0.3) is 0 Å². The highest BCUT2D eigenvalue weighted by Gasteiger charge is 2.79. The predicted octanol–water partition coefficient (Wildman–Crippen LogP) is 3.18. The van der Waals surface area contributed by atoms with Gasteiger partial charge in [-0.1, -0.05) is 26.3 Å². The van der Waals surface area contributed by atoms with Gasteiger partial charge in [0.15, 0.2) is 19.4 Å². The molecule has 0 aromatic heterocycles. The fourth-order valence-corrected chi connectivity index (χ4v) is 9.21. The maximum absolute atomic E-state index is 12.1. The van der Waals surface area contributed by atoms with Gasteiger partial charge in [0, 0.05) is 11.8 Å². The highest BCUT2D eigenvalue weighted by atomic mass is 16.9. The van der Waals surface area contributed by atoms with E-state index in [9.17, 15) is 9.90 Å². The second kappa shape index (κ2) is 6.16. The highest BCUT2D eigenvalue weighted by molar-refractivity contribution is 5.91. The fourth-order valence-electron chi connectivity index (χ4n) is 9.21. The number of fused-ring (bicyclic) bond motifs is 7. The maximum atomic E-state index is 12.1. The molecule has 1 N–H and O–H groups in total. The lowest BCUT2D eigenvalue weighted by molar-refractivity contribution is -0.267. The third-order valence-electron chi connectivity index (χ3n) is 10.2. The number of allylic oxidation sites excluding steroid dienone is 1. The predicted molar refractivity (Wildman–Crippen MR) is 107 cm³/mol. The van der Waals surface area contributed by atoms with E-state index >= 15 is 0 Å². The van der Waals surface area contributed by atoms with Gasteiger partial charge in [-0.15, -0.1) is 0 Å². The molecule has 2 saturated heterocycles. The second-order valence-electron chi connectivity index (χ2n) is 11.2. The third-order valence-corrected chi connectivity index (χ3v) is 10.2. The molecule has 6 heteroatoms. The molecule has 0 aromatic rings. The van der Waals surface area contributed by atoms with Gasteiger partial charge >= 0.3 is 0 Å². The summed E-state index contributed by atoms with van der Waals surface area (Å²) in [5.41, 5.74) is 0.341. The molecule has 4 aliphatic carbocycles. The number of carbonyl (C=O) groups excluding carboxylic acids is 1. The van der Waals surface area contributed by atoms with Crippen LogP contribution in [-0.4, -0.2) is 48.6 Å². The Balaban J connectivity index is 1.43. The maximum Gasteiger partial charge on any atom is 0.227 e. The monoisotopic (exact) mass is 418 g/mol. The molecule has 166 valence electrons. The number of hydrogen-bond acceptors (Lipinski definition) is 6. The number of ether oxygens (including phenoxy) is 4. The van der Waals surface area contributed by atoms with Gasteiger partial charge in [0.05, 0.1) is 6.10 Å². The average molecular weight is 419 g/mol. The first-order chi connectivity index (χ1) is 14.3. The molecule has 30 heavy (non-hydrogen) atoms. The van der Waals surface area contributed by atoms with Crippen LogP contribution in [0.3, 0.4) is 0 Å². The summed E-state index contributed by atoms with van der Waals surface area (Å²) in [4.78, 5) is 12.1. The minimum absolute atomic E-state index is 0.0751. The smallest absolute Gasteiger partial charge is 0.227 e. The Bertz CT molecular complexity index is 796. The number of aliphatic hydroxyl groups is 1. The number of rotatable bonds is 0. The molecular weight excluding hydrogens is 384 g/mol. The SMILES string of the molecule is C[C@H]1C[C@H]2[C@@H]3CCC4=CC(=O)CC[C@]4(C)[C@H]3[C@H](O)C[C@]2(C)C12OCOC21COCO1. The molecule has 0 radical (unpaired) electrons. The van der Waals surface area contributed by atoms with E-state index in [0.717, 1.165) is 25.7 Å². The van der Waals surface area contributed by atoms with Crippen molar-refractivity contribution < 1.29 is 28.8 Å². The van der Waals surface area contributed by atoms with E-state index in [-0.39, 0.29) is 42.0 Å². The highest BCUT2D eigenvalue weighted by Crippen LogP contribution is 2.72. The molecule has 6 nitrogen and oxygen atoms in total. The van der Waals surface area contributed by atoms with Crippen molar-refractivity contribution in [1.29, 1.82) is 0 Å². The van der Waals surface area contributed by atoms with E-state index in [2.05, 4.69) is 20.8 Å². The molecule has 2 spiro atoms. The van der Waals surface area contributed by atoms with E-state index < -0.39 is 17.5 Å². The third kappa shape index (κ3) is 2.11. The first-order valence-electron chi connectivity index (χ1n) is 11.7. The molecule has 2 unspecified atom stereocenters. The van der Waals surface area contributed by atoms with Gasteiger partial charge < -0.3 is 24.1 Å². The van der Waals surface area contributed by atoms with Crippen molar-refractivity contribution in [1.82, 2.24) is 0 Å². The molecule has 6 rings (SSSR count). The van der Waals surface area contributed by atoms with Crippen molar-refractivity contribution in [3.8, 4) is 0 Å². The molecule has 3 saturated carbocycles. The summed E-state index contributed by atoms with van der Waals surface area (Å²) in [6.45, 7) is 7.69. The van der Waals surface area contributed by atoms with Crippen LogP contribution in [0.5, 0.6) is 0 Å². The summed E-state index contributed by atoms with van der Waals surface area (Å²) in [7, 11) is 0. The van der Waals surface area contributed by atoms with Crippen molar-refractivity contribution >= 4 is 5.78 Å². The standard InChI is InChI=1S/C24H34O6/c1-14-8-18-17-5-4-15-9-16(25)6-7-21(15,2)20(17)19(26)10-22(18,3)24(14)23(29-13-30-24)11-27-12-28-23/h9,14,17-20,26H,4-8,10-13H2,1-3H3/t14-,17-,18-,19+,20+,21-,22-,23?,24?/m0/s1. The minimum Gasteiger partial charge on any atom is -0.393 e. The summed E-state index contributed by atoms with van der Waals surface area (Å²) >= 11 is 0. The van der Waals surface area contributed by atoms with E-state index in [0.29, 0.717) is 31.3 Å². The Morgan fingerprint density at radius 2 is 1.93 bits per heavy atom. The van der Waals surface area contributed by atoms with E-state index in [1.165, 1.54) is 5.57 Å². The van der Waals surface area contributed by atoms with Crippen LogP contribution in [0.4, 0.5) is 0 Å². The fraction of sp³-hybridized carbons (Fsp3) is 0.875. The number of hydrogen-bond donors (Lipinski definition) is 1. The molecule has 0 bridgehead atoms. The quantitative estimate of drug-likeness (QED) is 0.651. The van der Waals surface area contributed by atoms with E-state index in [4.69, 9.17) is 18.9 Å². The molecule has 6 aliphatic rings. The van der Waals surface area contributed by atoms with Crippen LogP contribution in [0, 0.1) is 34.5 Å². The first kappa shape index (κ1) is 19.9. The zero-order valence-electron chi connectivity index (χ0n) is 18.3. The van der Waals surface area contributed by atoms with E-state index in [1.807, 2.05) is 6.08 Å². The Morgan fingerprint density at radius 3 is 2.70 bits per heavy atom. The topological polar surface area (TPSA) is 74.2 Å². The van der Waals surface area contributed by atoms with Crippen molar-refractivity contribution in [3.63, 3.8) is 0 Å². The normalized spacial score (nSPS) is 57.4. The Hall–Kier alpha value is -0.790. The Kier molecular flexibility index (Phi) is 4.08. The van der Waals surface area contributed by atoms with Gasteiger partial charge in [-0.25, -0.2) is 0 Å². The van der Waals surface area contributed by atoms with Crippen LogP contribution >= 0.6 is 0 Å². The van der Waals surface area contributed by atoms with E-state index in [1.54, 1.807) is 0 Å². The molecule has 2 aliphatic heterocycles. The van der Waals surface area contributed by atoms with Crippen LogP contribution in [0.15, 0.2) is 11.6 Å². The molecular formula is C24H34O6. The summed E-state index contributed by atoms with van der Waals surface area (Å²) in [5.74, 6) is 0.675. The van der Waals surface area contributed by atoms with Gasteiger partial charge in [-0.05, 0) is 67.3 Å². The van der Waals surface area contributed by atoms with Crippen LogP contribution in [0.1, 0.15) is 59.3 Å². The van der Waals surface area contributed by atoms with Crippen molar-refractivity contribution in [2.75, 3.05) is 20.2 Å². The van der Waals surface area contributed by atoms with Gasteiger partial charge in [0.25, 0.3) is 0 Å². The van der Waals surface area contributed by atoms with Gasteiger partial charge in [-0.2, -0.15) is 0 Å². The summed E-state index contributed by atoms with van der Waals surface area (Å²) in [6, 6.07) is 0. The Labute approximate surface area is 178 Å². The lowest BCUT2D eigenvalue weighted by Crippen LogP contribution is -2.67. The molecule has 5 fully saturated rings. The average Bonchev–Trinajstić information content (AvgIpc) is 3.38. The van der Waals surface area contributed by atoms with Gasteiger partial charge in [0.2, 0.25) is 5.79 Å². The molecule has 0 amide bonds. The van der Waals surface area contributed by atoms with Crippen molar-refractivity contribution in [2.45, 2.75) is 76.8 Å². The largest absolute Gasteiger partial charge is 0.393 e. The van der Waals surface area contributed by atoms with Crippen LogP contribution in [0.2, 0.25) is 0 Å². The zero-order valence-corrected chi connectivity index (χ0v) is 18.3. The van der Waals surface area contributed by atoms with Gasteiger partial charge in [0.1, 0.15) is 12.2 Å². The first-order valence-corrected chi connectivity index (χ1v) is 11.7. The molecule has 9 atom stereocenters. The van der Waals surface area contributed by atoms with Crippen molar-refractivity contribution in [2.24, 2.45) is 34.5 Å². The number of aliphatic hydroxyl groups excluding tert-OH is 1. The second-order valence-corrected chi connectivity index (χ2v) is 11.2. The number of ketones is 1. The van der Waals surface area contributed by atoms with Crippen LogP contribution in [-0.2, 0) is 23.7 Å². The van der Waals surface area contributed by atoms with Crippen molar-refractivity contribution in [3.05, 3.63) is 11.6 Å². The van der Waals surface area contributed by atoms with Gasteiger partial charge in [-0.3, -0.25) is 4.79 Å². The minimum atomic E-state index is -0.872. The lowest BCUT2D eigenvalue weighted by Gasteiger charge is -2.61. The lowest BCUT2D eigenvalue weighted by atomic mass is 9.45. The summed E-state index contributed by atoms with van der Waals surface area (Å²) < 4.78 is 24.4. The molecule has 2 heterocycles. The number of carbonyl (C=O) groups is 1. The van der Waals surface area contributed by atoms with Crippen LogP contribution < -0.4 is 0 Å². The Morgan fingerprint density at radius 1 is 1.13 bits per heavy atom. The zero-order chi connectivity index (χ0) is 20.9. The summed E-state index contributed by atoms with van der Waals surface area (Å²) in [5, 5.41) is 11.7. The molecule has 0 aromatic carbocycles.